The molecule has 0 saturated heterocycles. The van der Waals surface area contributed by atoms with Gasteiger partial charge < -0.3 is 20.1 Å². The molecule has 5 rings (SSSR count). The summed E-state index contributed by atoms with van der Waals surface area (Å²) in [6.45, 7) is 4.80. The van der Waals surface area contributed by atoms with E-state index >= 15 is 0 Å². The Labute approximate surface area is 167 Å². The van der Waals surface area contributed by atoms with Gasteiger partial charge in [-0.05, 0) is 80.1 Å². The second kappa shape index (κ2) is 5.83. The third-order valence-electron chi connectivity index (χ3n) is 10.1. The number of carbonyl (C=O) groups excluding carboxylic acids is 1. The van der Waals surface area contributed by atoms with E-state index in [-0.39, 0.29) is 34.6 Å². The van der Waals surface area contributed by atoms with Gasteiger partial charge in [-0.15, -0.1) is 0 Å². The van der Waals surface area contributed by atoms with Gasteiger partial charge in [0.2, 0.25) is 0 Å². The van der Waals surface area contributed by atoms with Gasteiger partial charge in [-0.25, -0.2) is 4.79 Å². The molecule has 0 radical (unpaired) electrons. The number of cyclic esters (lactones) is 1. The summed E-state index contributed by atoms with van der Waals surface area (Å²) >= 11 is 0. The number of hydrogen-bond acceptors (Lipinski definition) is 5. The summed E-state index contributed by atoms with van der Waals surface area (Å²) in [5.74, 6) is 0.409. The molecule has 4 saturated carbocycles. The quantitative estimate of drug-likeness (QED) is 0.599. The minimum Gasteiger partial charge on any atom is -0.458 e. The highest BCUT2D eigenvalue weighted by Gasteiger charge is 2.70. The Balaban J connectivity index is 1.49. The van der Waals surface area contributed by atoms with Crippen molar-refractivity contribution in [3.8, 4) is 0 Å². The molecule has 0 aromatic carbocycles. The van der Waals surface area contributed by atoms with Crippen LogP contribution in [0.25, 0.3) is 0 Å². The smallest absolute Gasteiger partial charge is 0.331 e. The van der Waals surface area contributed by atoms with Crippen LogP contribution in [-0.2, 0) is 9.53 Å². The molecule has 1 heterocycles. The van der Waals surface area contributed by atoms with Crippen LogP contribution in [-0.4, -0.2) is 45.2 Å². The highest BCUT2D eigenvalue weighted by atomic mass is 16.5. The zero-order valence-electron chi connectivity index (χ0n) is 17.1. The molecule has 1 aliphatic heterocycles. The molecule has 5 nitrogen and oxygen atoms in total. The second-order valence-electron chi connectivity index (χ2n) is 10.9. The van der Waals surface area contributed by atoms with E-state index in [1.165, 1.54) is 0 Å². The lowest BCUT2D eigenvalue weighted by molar-refractivity contribution is -0.254. The Hall–Kier alpha value is -0.910. The third kappa shape index (κ3) is 2.21. The predicted molar refractivity (Wildman–Crippen MR) is 103 cm³/mol. The average Bonchev–Trinajstić information content (AvgIpc) is 3.17. The van der Waals surface area contributed by atoms with E-state index in [9.17, 15) is 20.1 Å². The largest absolute Gasteiger partial charge is 0.458 e. The van der Waals surface area contributed by atoms with Crippen LogP contribution in [0.3, 0.4) is 0 Å². The molecule has 0 spiro atoms. The Morgan fingerprint density at radius 2 is 1.68 bits per heavy atom. The first kappa shape index (κ1) is 19.1. The van der Waals surface area contributed by atoms with Crippen molar-refractivity contribution >= 4 is 5.97 Å². The molecule has 0 amide bonds. The number of aliphatic hydroxyl groups excluding tert-OH is 1. The molecule has 5 heteroatoms. The molecular formula is C23H34O5. The van der Waals surface area contributed by atoms with Crippen LogP contribution in [0.15, 0.2) is 11.6 Å². The lowest BCUT2D eigenvalue weighted by Crippen LogP contribution is -2.67. The predicted octanol–water partition coefficient (Wildman–Crippen LogP) is 2.72. The zero-order chi connectivity index (χ0) is 19.9. The van der Waals surface area contributed by atoms with Crippen LogP contribution in [0.4, 0.5) is 0 Å². The van der Waals surface area contributed by atoms with E-state index in [0.29, 0.717) is 19.4 Å². The van der Waals surface area contributed by atoms with Gasteiger partial charge in [0.15, 0.2) is 0 Å². The normalized spacial score (nSPS) is 55.8. The van der Waals surface area contributed by atoms with E-state index < -0.39 is 17.3 Å². The minimum atomic E-state index is -0.817. The topological polar surface area (TPSA) is 87.0 Å². The first-order valence-corrected chi connectivity index (χ1v) is 11.1. The lowest BCUT2D eigenvalue weighted by atomic mass is 9.42. The summed E-state index contributed by atoms with van der Waals surface area (Å²) in [6, 6.07) is 0. The summed E-state index contributed by atoms with van der Waals surface area (Å²) in [5.41, 5.74) is -0.999. The number of esters is 1. The number of rotatable bonds is 1. The van der Waals surface area contributed by atoms with Gasteiger partial charge in [-0.2, -0.15) is 0 Å². The molecule has 4 aliphatic carbocycles. The van der Waals surface area contributed by atoms with Crippen molar-refractivity contribution in [2.24, 2.45) is 28.6 Å². The first-order valence-electron chi connectivity index (χ1n) is 11.1. The van der Waals surface area contributed by atoms with Gasteiger partial charge in [0, 0.05) is 17.9 Å². The van der Waals surface area contributed by atoms with E-state index in [1.807, 2.05) is 0 Å². The van der Waals surface area contributed by atoms with Gasteiger partial charge in [0.1, 0.15) is 6.61 Å². The molecule has 0 aromatic heterocycles. The molecule has 8 atom stereocenters. The molecule has 5 aliphatic rings. The molecular weight excluding hydrogens is 356 g/mol. The minimum absolute atomic E-state index is 0.176. The summed E-state index contributed by atoms with van der Waals surface area (Å²) in [4.78, 5) is 11.6. The summed E-state index contributed by atoms with van der Waals surface area (Å²) in [5, 5.41) is 33.8. The number of ether oxygens (including phenoxy) is 1. The summed E-state index contributed by atoms with van der Waals surface area (Å²) in [6.07, 6.45) is 8.33. The van der Waals surface area contributed by atoms with Gasteiger partial charge in [-0.3, -0.25) is 0 Å². The maximum atomic E-state index is 12.1. The van der Waals surface area contributed by atoms with Crippen molar-refractivity contribution in [1.82, 2.24) is 0 Å². The number of aliphatic hydroxyl groups is 3. The van der Waals surface area contributed by atoms with Gasteiger partial charge in [0.25, 0.3) is 0 Å². The maximum Gasteiger partial charge on any atom is 0.331 e. The number of fused-ring (bicyclic) bond motifs is 5. The van der Waals surface area contributed by atoms with Crippen molar-refractivity contribution in [1.29, 1.82) is 0 Å². The molecule has 0 aromatic rings. The molecule has 3 N–H and O–H groups in total. The SMILES string of the molecule is C[C@@]12CC[C@@H]3[C@H](CC[C@@]4(O)C[C@@H](O)CC[C@]34C)[C@@]1(O)CC[C@H]2C1=CC(=O)OC1. The molecule has 0 unspecified atom stereocenters. The van der Waals surface area contributed by atoms with Crippen LogP contribution >= 0.6 is 0 Å². The van der Waals surface area contributed by atoms with Crippen molar-refractivity contribution < 1.29 is 24.9 Å². The van der Waals surface area contributed by atoms with Crippen LogP contribution in [0, 0.1) is 28.6 Å². The van der Waals surface area contributed by atoms with Crippen LogP contribution in [0.1, 0.15) is 71.6 Å². The Morgan fingerprint density at radius 3 is 2.39 bits per heavy atom. The second-order valence-corrected chi connectivity index (χ2v) is 10.9. The van der Waals surface area contributed by atoms with E-state index in [2.05, 4.69) is 13.8 Å². The highest BCUT2D eigenvalue weighted by molar-refractivity contribution is 5.85. The van der Waals surface area contributed by atoms with Crippen molar-refractivity contribution in [3.05, 3.63) is 11.6 Å². The highest BCUT2D eigenvalue weighted by Crippen LogP contribution is 2.70. The Kier molecular flexibility index (Phi) is 3.97. The Morgan fingerprint density at radius 1 is 0.964 bits per heavy atom. The van der Waals surface area contributed by atoms with E-state index in [0.717, 1.165) is 50.5 Å². The van der Waals surface area contributed by atoms with Crippen LogP contribution in [0.2, 0.25) is 0 Å². The molecule has 28 heavy (non-hydrogen) atoms. The van der Waals surface area contributed by atoms with Crippen molar-refractivity contribution in [2.75, 3.05) is 6.61 Å². The van der Waals surface area contributed by atoms with E-state index in [1.54, 1.807) is 6.08 Å². The maximum absolute atomic E-state index is 12.1. The summed E-state index contributed by atoms with van der Waals surface area (Å²) in [7, 11) is 0. The third-order valence-corrected chi connectivity index (χ3v) is 10.1. The van der Waals surface area contributed by atoms with Crippen molar-refractivity contribution in [2.45, 2.75) is 88.9 Å². The van der Waals surface area contributed by atoms with Gasteiger partial charge >= 0.3 is 5.97 Å². The van der Waals surface area contributed by atoms with Crippen LogP contribution < -0.4 is 0 Å². The first-order chi connectivity index (χ1) is 13.1. The fourth-order valence-corrected chi connectivity index (χ4v) is 8.38. The zero-order valence-corrected chi connectivity index (χ0v) is 17.1. The summed E-state index contributed by atoms with van der Waals surface area (Å²) < 4.78 is 5.18. The number of hydrogen-bond donors (Lipinski definition) is 3. The molecule has 156 valence electrons. The van der Waals surface area contributed by atoms with Gasteiger partial charge in [-0.1, -0.05) is 13.8 Å². The fourth-order valence-electron chi connectivity index (χ4n) is 8.38. The van der Waals surface area contributed by atoms with Gasteiger partial charge in [0.05, 0.1) is 17.3 Å². The average molecular weight is 391 g/mol. The fraction of sp³-hybridized carbons (Fsp3) is 0.870. The van der Waals surface area contributed by atoms with Crippen LogP contribution in [0.5, 0.6) is 0 Å². The standard InChI is InChI=1S/C23H34O5/c1-20-7-3-15(24)12-22(20,26)9-5-18-17(20)4-8-21(2)16(6-10-23(18,21)27)14-11-19(25)28-13-14/h11,15-18,24,26-27H,3-10,12-13H2,1-2H3/t15-,16-,17+,18-,20+,21-,22+,23-/m0/s1. The Bertz CT molecular complexity index is 733. The van der Waals surface area contributed by atoms with E-state index in [4.69, 9.17) is 4.74 Å². The molecule has 4 fully saturated rings. The number of carbonyl (C=O) groups is 1. The van der Waals surface area contributed by atoms with Crippen molar-refractivity contribution in [3.63, 3.8) is 0 Å². The molecule has 0 bridgehead atoms. The monoisotopic (exact) mass is 390 g/mol. The lowest BCUT2D eigenvalue weighted by Gasteiger charge is -2.66.